The summed E-state index contributed by atoms with van der Waals surface area (Å²) in [4.78, 5) is 0. The first-order valence-electron chi connectivity index (χ1n) is 6.15. The van der Waals surface area contributed by atoms with Crippen LogP contribution < -0.4 is 16.8 Å². The van der Waals surface area contributed by atoms with Gasteiger partial charge in [-0.25, -0.2) is 0 Å². The van der Waals surface area contributed by atoms with Crippen LogP contribution in [0, 0.1) is 13.8 Å². The van der Waals surface area contributed by atoms with Crippen LogP contribution in [0.4, 0.5) is 17.1 Å². The maximum atomic E-state index is 9.63. The van der Waals surface area contributed by atoms with Crippen molar-refractivity contribution < 1.29 is 5.11 Å². The Bertz CT molecular complexity index is 609. The van der Waals surface area contributed by atoms with Gasteiger partial charge in [0.1, 0.15) is 5.75 Å². The molecule has 0 heterocycles. The van der Waals surface area contributed by atoms with Crippen LogP contribution >= 0.6 is 0 Å². The second kappa shape index (κ2) is 5.10. The van der Waals surface area contributed by atoms with E-state index in [4.69, 9.17) is 11.5 Å². The summed E-state index contributed by atoms with van der Waals surface area (Å²) in [5.74, 6) is 0.312. The number of phenolic OH excluding ortho intramolecular Hbond substituents is 1. The molecule has 4 nitrogen and oxygen atoms in total. The summed E-state index contributed by atoms with van der Waals surface area (Å²) in [6, 6.07) is 9.13. The molecule has 0 atom stereocenters. The molecule has 0 fully saturated rings. The highest BCUT2D eigenvalue weighted by Gasteiger charge is 2.05. The average molecular weight is 257 g/mol. The molecule has 100 valence electrons. The number of hydrogen-bond acceptors (Lipinski definition) is 4. The maximum Gasteiger partial charge on any atom is 0.118 e. The van der Waals surface area contributed by atoms with E-state index in [1.165, 1.54) is 0 Å². The van der Waals surface area contributed by atoms with E-state index in [1.807, 2.05) is 26.0 Å². The van der Waals surface area contributed by atoms with Crippen molar-refractivity contribution in [3.05, 3.63) is 47.0 Å². The molecule has 0 saturated carbocycles. The molecule has 19 heavy (non-hydrogen) atoms. The van der Waals surface area contributed by atoms with Gasteiger partial charge >= 0.3 is 0 Å². The van der Waals surface area contributed by atoms with Crippen molar-refractivity contribution in [2.24, 2.45) is 0 Å². The smallest absolute Gasteiger partial charge is 0.118 e. The number of benzene rings is 2. The number of aryl methyl sites for hydroxylation is 2. The predicted molar refractivity (Wildman–Crippen MR) is 80.2 cm³/mol. The first kappa shape index (κ1) is 13.1. The lowest BCUT2D eigenvalue weighted by molar-refractivity contribution is 0.471. The molecule has 4 heteroatoms. The Hall–Kier alpha value is -2.36. The average Bonchev–Trinajstić information content (AvgIpc) is 2.36. The monoisotopic (exact) mass is 257 g/mol. The minimum Gasteiger partial charge on any atom is -0.508 e. The zero-order valence-corrected chi connectivity index (χ0v) is 11.2. The van der Waals surface area contributed by atoms with E-state index >= 15 is 0 Å². The number of nitrogen functional groups attached to an aromatic ring is 2. The van der Waals surface area contributed by atoms with Gasteiger partial charge in [-0.15, -0.1) is 0 Å². The third-order valence-electron chi connectivity index (χ3n) is 3.18. The zero-order chi connectivity index (χ0) is 14.0. The summed E-state index contributed by atoms with van der Waals surface area (Å²) < 4.78 is 0. The molecule has 0 aromatic heterocycles. The molecule has 0 spiro atoms. The van der Waals surface area contributed by atoms with Gasteiger partial charge in [0, 0.05) is 23.6 Å². The van der Waals surface area contributed by atoms with Crippen molar-refractivity contribution in [2.45, 2.75) is 20.4 Å². The van der Waals surface area contributed by atoms with Gasteiger partial charge in [0.15, 0.2) is 0 Å². The minimum absolute atomic E-state index is 0.312. The Morgan fingerprint density at radius 1 is 1.05 bits per heavy atom. The molecule has 0 unspecified atom stereocenters. The molecule has 0 saturated heterocycles. The van der Waals surface area contributed by atoms with Gasteiger partial charge in [-0.1, -0.05) is 0 Å². The Labute approximate surface area is 113 Å². The number of aromatic hydroxyl groups is 1. The lowest BCUT2D eigenvalue weighted by Crippen LogP contribution is -2.05. The second-order valence-corrected chi connectivity index (χ2v) is 4.77. The van der Waals surface area contributed by atoms with E-state index in [-0.39, 0.29) is 0 Å². The van der Waals surface area contributed by atoms with Crippen molar-refractivity contribution >= 4 is 17.1 Å². The molecular weight excluding hydrogens is 238 g/mol. The first-order valence-corrected chi connectivity index (χ1v) is 6.15. The summed E-state index contributed by atoms with van der Waals surface area (Å²) >= 11 is 0. The molecule has 2 aromatic rings. The largest absolute Gasteiger partial charge is 0.508 e. The van der Waals surface area contributed by atoms with Crippen LogP contribution in [-0.2, 0) is 6.54 Å². The van der Waals surface area contributed by atoms with Crippen LogP contribution in [0.5, 0.6) is 5.75 Å². The fourth-order valence-corrected chi connectivity index (χ4v) is 1.96. The van der Waals surface area contributed by atoms with Gasteiger partial charge in [-0.2, -0.15) is 0 Å². The molecule has 0 amide bonds. The quantitative estimate of drug-likeness (QED) is 0.503. The van der Waals surface area contributed by atoms with E-state index < -0.39 is 0 Å². The fraction of sp³-hybridized carbons (Fsp3) is 0.200. The Balaban J connectivity index is 2.19. The fourth-order valence-electron chi connectivity index (χ4n) is 1.96. The zero-order valence-electron chi connectivity index (χ0n) is 11.2. The van der Waals surface area contributed by atoms with E-state index in [0.717, 1.165) is 28.1 Å². The van der Waals surface area contributed by atoms with Crippen LogP contribution in [0.2, 0.25) is 0 Å². The predicted octanol–water partition coefficient (Wildman–Crippen LogP) is 2.79. The summed E-state index contributed by atoms with van der Waals surface area (Å²) in [6.45, 7) is 4.42. The normalized spacial score (nSPS) is 10.4. The molecule has 2 rings (SSSR count). The van der Waals surface area contributed by atoms with Crippen molar-refractivity contribution in [3.63, 3.8) is 0 Å². The summed E-state index contributed by atoms with van der Waals surface area (Å²) in [5, 5.41) is 12.9. The molecule has 6 N–H and O–H groups in total. The number of nitrogens with two attached hydrogens (primary N) is 2. The molecule has 0 aliphatic rings. The highest BCUT2D eigenvalue weighted by molar-refractivity contribution is 5.60. The Kier molecular flexibility index (Phi) is 3.51. The second-order valence-electron chi connectivity index (χ2n) is 4.77. The van der Waals surface area contributed by atoms with Gasteiger partial charge in [0.25, 0.3) is 0 Å². The van der Waals surface area contributed by atoms with Gasteiger partial charge in [0.05, 0.1) is 0 Å². The number of hydrogen-bond donors (Lipinski definition) is 4. The summed E-state index contributed by atoms with van der Waals surface area (Å²) in [5.41, 5.74) is 16.9. The number of phenols is 1. The molecular formula is C15H19N3O. The highest BCUT2D eigenvalue weighted by atomic mass is 16.3. The molecule has 0 aliphatic heterocycles. The summed E-state index contributed by atoms with van der Waals surface area (Å²) in [6.07, 6.45) is 0. The first-order chi connectivity index (χ1) is 8.97. The number of nitrogens with one attached hydrogen (secondary N) is 1. The topological polar surface area (TPSA) is 84.3 Å². The molecule has 0 bridgehead atoms. The molecule has 2 aromatic carbocycles. The standard InChI is InChI=1S/C15H19N3O/c1-9-6-15(19)10(2)5-14(9)18-8-11-7-12(16)3-4-13(11)17/h3-7,18-19H,8,16-17H2,1-2H3. The third kappa shape index (κ3) is 2.91. The van der Waals surface area contributed by atoms with Crippen LogP contribution in [0.15, 0.2) is 30.3 Å². The molecule has 0 aliphatic carbocycles. The van der Waals surface area contributed by atoms with Gasteiger partial charge in [-0.3, -0.25) is 0 Å². The third-order valence-corrected chi connectivity index (χ3v) is 3.18. The lowest BCUT2D eigenvalue weighted by Gasteiger charge is -2.13. The van der Waals surface area contributed by atoms with Crippen LogP contribution in [-0.4, -0.2) is 5.11 Å². The van der Waals surface area contributed by atoms with E-state index in [0.29, 0.717) is 18.0 Å². The van der Waals surface area contributed by atoms with E-state index in [9.17, 15) is 5.11 Å². The van der Waals surface area contributed by atoms with Gasteiger partial charge in [0.2, 0.25) is 0 Å². The lowest BCUT2D eigenvalue weighted by atomic mass is 10.1. The minimum atomic E-state index is 0.312. The van der Waals surface area contributed by atoms with E-state index in [1.54, 1.807) is 18.2 Å². The molecule has 0 radical (unpaired) electrons. The van der Waals surface area contributed by atoms with E-state index in [2.05, 4.69) is 5.32 Å². The van der Waals surface area contributed by atoms with Crippen molar-refractivity contribution in [2.75, 3.05) is 16.8 Å². The van der Waals surface area contributed by atoms with Gasteiger partial charge < -0.3 is 21.9 Å². The Morgan fingerprint density at radius 2 is 1.79 bits per heavy atom. The van der Waals surface area contributed by atoms with Crippen molar-refractivity contribution in [3.8, 4) is 5.75 Å². The number of rotatable bonds is 3. The number of anilines is 3. The van der Waals surface area contributed by atoms with Crippen molar-refractivity contribution in [1.29, 1.82) is 0 Å². The van der Waals surface area contributed by atoms with Crippen LogP contribution in [0.25, 0.3) is 0 Å². The van der Waals surface area contributed by atoms with Crippen LogP contribution in [0.3, 0.4) is 0 Å². The van der Waals surface area contributed by atoms with Gasteiger partial charge in [-0.05, 0) is 60.9 Å². The van der Waals surface area contributed by atoms with Crippen molar-refractivity contribution in [1.82, 2.24) is 0 Å². The SMILES string of the molecule is Cc1cc(NCc2cc(N)ccc2N)c(C)cc1O. The Morgan fingerprint density at radius 3 is 2.53 bits per heavy atom. The highest BCUT2D eigenvalue weighted by Crippen LogP contribution is 2.26. The van der Waals surface area contributed by atoms with Crippen LogP contribution in [0.1, 0.15) is 16.7 Å². The summed E-state index contributed by atoms with van der Waals surface area (Å²) in [7, 11) is 0. The maximum absolute atomic E-state index is 9.63.